The van der Waals surface area contributed by atoms with Gasteiger partial charge in [0.15, 0.2) is 0 Å². The number of benzene rings is 1. The SMILES string of the molecule is COCc1ccc(-c2cccnc2C(C)C)cc1. The minimum Gasteiger partial charge on any atom is -0.380 e. The summed E-state index contributed by atoms with van der Waals surface area (Å²) in [5.41, 5.74) is 4.77. The third-order valence-corrected chi connectivity index (χ3v) is 2.96. The number of hydrogen-bond donors (Lipinski definition) is 0. The molecular formula is C16H19NO. The minimum absolute atomic E-state index is 0.430. The summed E-state index contributed by atoms with van der Waals surface area (Å²) >= 11 is 0. The van der Waals surface area contributed by atoms with E-state index in [1.807, 2.05) is 12.3 Å². The van der Waals surface area contributed by atoms with E-state index in [1.165, 1.54) is 16.7 Å². The second-order valence-electron chi connectivity index (χ2n) is 4.72. The van der Waals surface area contributed by atoms with E-state index in [4.69, 9.17) is 4.74 Å². The molecular weight excluding hydrogens is 222 g/mol. The molecule has 2 aromatic rings. The van der Waals surface area contributed by atoms with Crippen LogP contribution in [0.5, 0.6) is 0 Å². The maximum absolute atomic E-state index is 5.12. The van der Waals surface area contributed by atoms with Gasteiger partial charge in [0, 0.05) is 18.9 Å². The fourth-order valence-electron chi connectivity index (χ4n) is 2.07. The highest BCUT2D eigenvalue weighted by Crippen LogP contribution is 2.27. The smallest absolute Gasteiger partial charge is 0.0713 e. The summed E-state index contributed by atoms with van der Waals surface area (Å²) in [6.07, 6.45) is 1.86. The van der Waals surface area contributed by atoms with Crippen molar-refractivity contribution in [3.63, 3.8) is 0 Å². The molecule has 1 heterocycles. The molecule has 0 aliphatic carbocycles. The van der Waals surface area contributed by atoms with Crippen molar-refractivity contribution in [2.45, 2.75) is 26.4 Å². The molecule has 0 spiro atoms. The second-order valence-corrected chi connectivity index (χ2v) is 4.72. The van der Waals surface area contributed by atoms with Crippen LogP contribution >= 0.6 is 0 Å². The highest BCUT2D eigenvalue weighted by atomic mass is 16.5. The maximum Gasteiger partial charge on any atom is 0.0713 e. The number of nitrogens with zero attached hydrogens (tertiary/aromatic N) is 1. The molecule has 0 fully saturated rings. The van der Waals surface area contributed by atoms with Crippen LogP contribution in [-0.4, -0.2) is 12.1 Å². The summed E-state index contributed by atoms with van der Waals surface area (Å²) in [5, 5.41) is 0. The summed E-state index contributed by atoms with van der Waals surface area (Å²) in [7, 11) is 1.71. The van der Waals surface area contributed by atoms with Gasteiger partial charge in [0.05, 0.1) is 12.3 Å². The quantitative estimate of drug-likeness (QED) is 0.806. The number of rotatable bonds is 4. The predicted octanol–water partition coefficient (Wildman–Crippen LogP) is 4.02. The summed E-state index contributed by atoms with van der Waals surface area (Å²) in [4.78, 5) is 4.49. The Kier molecular flexibility index (Phi) is 4.11. The van der Waals surface area contributed by atoms with Gasteiger partial charge in [0.2, 0.25) is 0 Å². The number of pyridine rings is 1. The topological polar surface area (TPSA) is 22.1 Å². The van der Waals surface area contributed by atoms with Gasteiger partial charge in [-0.15, -0.1) is 0 Å². The molecule has 1 aromatic heterocycles. The molecule has 0 aliphatic rings. The Morgan fingerprint density at radius 3 is 2.44 bits per heavy atom. The molecule has 0 radical (unpaired) electrons. The third kappa shape index (κ3) is 2.77. The van der Waals surface area contributed by atoms with Crippen molar-refractivity contribution >= 4 is 0 Å². The molecule has 2 rings (SSSR count). The molecule has 0 N–H and O–H groups in total. The van der Waals surface area contributed by atoms with E-state index in [1.54, 1.807) is 7.11 Å². The van der Waals surface area contributed by atoms with Gasteiger partial charge in [-0.1, -0.05) is 44.2 Å². The van der Waals surface area contributed by atoms with E-state index in [0.717, 1.165) is 5.69 Å². The van der Waals surface area contributed by atoms with Gasteiger partial charge >= 0.3 is 0 Å². The van der Waals surface area contributed by atoms with Crippen LogP contribution in [0.25, 0.3) is 11.1 Å². The summed E-state index contributed by atoms with van der Waals surface area (Å²) in [6, 6.07) is 12.6. The van der Waals surface area contributed by atoms with E-state index in [0.29, 0.717) is 12.5 Å². The lowest BCUT2D eigenvalue weighted by molar-refractivity contribution is 0.185. The molecule has 0 atom stereocenters. The van der Waals surface area contributed by atoms with E-state index in [9.17, 15) is 0 Å². The molecule has 2 nitrogen and oxygen atoms in total. The lowest BCUT2D eigenvalue weighted by Gasteiger charge is -2.11. The van der Waals surface area contributed by atoms with Crippen LogP contribution in [0.15, 0.2) is 42.6 Å². The Morgan fingerprint density at radius 1 is 1.11 bits per heavy atom. The van der Waals surface area contributed by atoms with E-state index >= 15 is 0 Å². The summed E-state index contributed by atoms with van der Waals surface area (Å²) < 4.78 is 5.12. The maximum atomic E-state index is 5.12. The molecule has 0 amide bonds. The molecule has 94 valence electrons. The van der Waals surface area contributed by atoms with Crippen molar-refractivity contribution in [3.05, 3.63) is 53.9 Å². The molecule has 18 heavy (non-hydrogen) atoms. The van der Waals surface area contributed by atoms with Crippen molar-refractivity contribution < 1.29 is 4.74 Å². The standard InChI is InChI=1S/C16H19NO/c1-12(2)16-15(5-4-10-17-16)14-8-6-13(7-9-14)11-18-3/h4-10,12H,11H2,1-3H3. The van der Waals surface area contributed by atoms with Crippen molar-refractivity contribution in [2.24, 2.45) is 0 Å². The third-order valence-electron chi connectivity index (χ3n) is 2.96. The van der Waals surface area contributed by atoms with Crippen molar-refractivity contribution in [3.8, 4) is 11.1 Å². The molecule has 0 aliphatic heterocycles. The first-order chi connectivity index (χ1) is 8.72. The lowest BCUT2D eigenvalue weighted by Crippen LogP contribution is -1.96. The molecule has 0 bridgehead atoms. The average molecular weight is 241 g/mol. The highest BCUT2D eigenvalue weighted by molar-refractivity contribution is 5.66. The Labute approximate surface area is 109 Å². The van der Waals surface area contributed by atoms with Gasteiger partial charge in [-0.25, -0.2) is 0 Å². The van der Waals surface area contributed by atoms with Gasteiger partial charge < -0.3 is 4.74 Å². The van der Waals surface area contributed by atoms with Gasteiger partial charge in [-0.2, -0.15) is 0 Å². The summed E-state index contributed by atoms with van der Waals surface area (Å²) in [5.74, 6) is 0.430. The van der Waals surface area contributed by atoms with Crippen LogP contribution in [0.2, 0.25) is 0 Å². The molecule has 0 saturated carbocycles. The van der Waals surface area contributed by atoms with Crippen molar-refractivity contribution in [1.29, 1.82) is 0 Å². The first-order valence-electron chi connectivity index (χ1n) is 6.25. The van der Waals surface area contributed by atoms with Crippen LogP contribution in [0.4, 0.5) is 0 Å². The Balaban J connectivity index is 2.36. The van der Waals surface area contributed by atoms with Crippen molar-refractivity contribution in [1.82, 2.24) is 4.98 Å². The van der Waals surface area contributed by atoms with Crippen LogP contribution in [0, 0.1) is 0 Å². The minimum atomic E-state index is 0.430. The average Bonchev–Trinajstić information content (AvgIpc) is 2.40. The highest BCUT2D eigenvalue weighted by Gasteiger charge is 2.09. The zero-order valence-corrected chi connectivity index (χ0v) is 11.2. The normalized spacial score (nSPS) is 10.9. The second kappa shape index (κ2) is 5.78. The number of hydrogen-bond acceptors (Lipinski definition) is 2. The first kappa shape index (κ1) is 12.8. The summed E-state index contributed by atoms with van der Waals surface area (Å²) in [6.45, 7) is 5.00. The van der Waals surface area contributed by atoms with E-state index < -0.39 is 0 Å². The van der Waals surface area contributed by atoms with Crippen LogP contribution in [-0.2, 0) is 11.3 Å². The zero-order chi connectivity index (χ0) is 13.0. The molecule has 0 saturated heterocycles. The van der Waals surface area contributed by atoms with Gasteiger partial charge in [0.25, 0.3) is 0 Å². The van der Waals surface area contributed by atoms with Gasteiger partial charge in [-0.05, 0) is 23.1 Å². The monoisotopic (exact) mass is 241 g/mol. The molecule has 1 aromatic carbocycles. The lowest BCUT2D eigenvalue weighted by atomic mass is 9.97. The zero-order valence-electron chi connectivity index (χ0n) is 11.2. The predicted molar refractivity (Wildman–Crippen MR) is 74.5 cm³/mol. The number of ether oxygens (including phenoxy) is 1. The first-order valence-corrected chi connectivity index (χ1v) is 6.25. The van der Waals surface area contributed by atoms with E-state index in [2.05, 4.69) is 49.2 Å². The van der Waals surface area contributed by atoms with Crippen LogP contribution in [0.3, 0.4) is 0 Å². The number of methoxy groups -OCH3 is 1. The number of aromatic nitrogens is 1. The van der Waals surface area contributed by atoms with Crippen LogP contribution < -0.4 is 0 Å². The van der Waals surface area contributed by atoms with Crippen LogP contribution in [0.1, 0.15) is 31.0 Å². The fraction of sp³-hybridized carbons (Fsp3) is 0.312. The largest absolute Gasteiger partial charge is 0.380 e. The van der Waals surface area contributed by atoms with E-state index in [-0.39, 0.29) is 0 Å². The fourth-order valence-corrected chi connectivity index (χ4v) is 2.07. The Hall–Kier alpha value is -1.67. The molecule has 2 heteroatoms. The Bertz CT molecular complexity index is 503. The van der Waals surface area contributed by atoms with Gasteiger partial charge in [-0.3, -0.25) is 4.98 Å². The Morgan fingerprint density at radius 2 is 1.83 bits per heavy atom. The van der Waals surface area contributed by atoms with Gasteiger partial charge in [0.1, 0.15) is 0 Å². The molecule has 0 unspecified atom stereocenters. The van der Waals surface area contributed by atoms with Crippen molar-refractivity contribution in [2.75, 3.05) is 7.11 Å².